The molecule has 0 spiro atoms. The van der Waals surface area contributed by atoms with Crippen LogP contribution in [0, 0.1) is 0 Å². The molecule has 0 amide bonds. The summed E-state index contributed by atoms with van der Waals surface area (Å²) < 4.78 is 5.47. The molecular formula is C14H26N2O. The molecule has 2 unspecified atom stereocenters. The fourth-order valence-corrected chi connectivity index (χ4v) is 2.26. The molecule has 1 N–H and O–H groups in total. The highest BCUT2D eigenvalue weighted by atomic mass is 16.3. The molecule has 0 bridgehead atoms. The lowest BCUT2D eigenvalue weighted by Gasteiger charge is -2.43. The van der Waals surface area contributed by atoms with Crippen molar-refractivity contribution in [1.82, 2.24) is 10.2 Å². The lowest BCUT2D eigenvalue weighted by Crippen LogP contribution is -2.57. The predicted molar refractivity (Wildman–Crippen MR) is 72.3 cm³/mol. The Morgan fingerprint density at radius 1 is 1.41 bits per heavy atom. The molecule has 0 aliphatic rings. The molecule has 3 heteroatoms. The minimum Gasteiger partial charge on any atom is -0.469 e. The van der Waals surface area contributed by atoms with Gasteiger partial charge in [0.15, 0.2) is 0 Å². The van der Waals surface area contributed by atoms with Gasteiger partial charge in [0.1, 0.15) is 5.76 Å². The summed E-state index contributed by atoms with van der Waals surface area (Å²) in [6.45, 7) is 7.69. The van der Waals surface area contributed by atoms with Crippen LogP contribution in [0.15, 0.2) is 22.8 Å². The second-order valence-electron chi connectivity index (χ2n) is 5.00. The molecule has 1 heterocycles. The Hall–Kier alpha value is -0.800. The van der Waals surface area contributed by atoms with Gasteiger partial charge in [-0.3, -0.25) is 0 Å². The third-order valence-electron chi connectivity index (χ3n) is 3.92. The van der Waals surface area contributed by atoms with Gasteiger partial charge >= 0.3 is 0 Å². The molecule has 0 saturated heterocycles. The average molecular weight is 238 g/mol. The fraction of sp³-hybridized carbons (Fsp3) is 0.714. The Kier molecular flexibility index (Phi) is 5.22. The first-order valence-electron chi connectivity index (χ1n) is 6.47. The van der Waals surface area contributed by atoms with E-state index >= 15 is 0 Å². The molecule has 0 aliphatic heterocycles. The zero-order valence-corrected chi connectivity index (χ0v) is 11.8. The number of hydrogen-bond acceptors (Lipinski definition) is 3. The number of rotatable bonds is 7. The number of nitrogens with zero attached hydrogens (tertiary/aromatic N) is 1. The van der Waals surface area contributed by atoms with E-state index in [2.05, 4.69) is 51.1 Å². The van der Waals surface area contributed by atoms with Crippen LogP contribution < -0.4 is 5.32 Å². The second-order valence-corrected chi connectivity index (χ2v) is 5.00. The van der Waals surface area contributed by atoms with Gasteiger partial charge in [0.25, 0.3) is 0 Å². The van der Waals surface area contributed by atoms with Gasteiger partial charge in [0, 0.05) is 18.0 Å². The molecule has 0 aliphatic carbocycles. The van der Waals surface area contributed by atoms with Crippen LogP contribution in [0.2, 0.25) is 0 Å². The van der Waals surface area contributed by atoms with E-state index in [9.17, 15) is 0 Å². The Bertz CT molecular complexity index is 308. The van der Waals surface area contributed by atoms with Gasteiger partial charge in [-0.25, -0.2) is 0 Å². The van der Waals surface area contributed by atoms with Crippen LogP contribution >= 0.6 is 0 Å². The van der Waals surface area contributed by atoms with Crippen molar-refractivity contribution in [3.05, 3.63) is 24.2 Å². The van der Waals surface area contributed by atoms with Crippen LogP contribution in [0.1, 0.15) is 33.0 Å². The Balaban J connectivity index is 2.83. The van der Waals surface area contributed by atoms with Gasteiger partial charge in [-0.2, -0.15) is 0 Å². The molecular weight excluding hydrogens is 212 g/mol. The van der Waals surface area contributed by atoms with Crippen LogP contribution in [-0.2, 0) is 6.42 Å². The topological polar surface area (TPSA) is 28.4 Å². The maximum absolute atomic E-state index is 5.47. The highest BCUT2D eigenvalue weighted by Crippen LogP contribution is 2.24. The molecule has 3 nitrogen and oxygen atoms in total. The molecule has 98 valence electrons. The summed E-state index contributed by atoms with van der Waals surface area (Å²) >= 11 is 0. The van der Waals surface area contributed by atoms with Gasteiger partial charge in [0.05, 0.1) is 6.26 Å². The maximum atomic E-state index is 5.47. The summed E-state index contributed by atoms with van der Waals surface area (Å²) in [4.78, 5) is 2.31. The van der Waals surface area contributed by atoms with Crippen LogP contribution in [0.3, 0.4) is 0 Å². The van der Waals surface area contributed by atoms with E-state index in [0.717, 1.165) is 25.1 Å². The lowest BCUT2D eigenvalue weighted by atomic mass is 9.85. The summed E-state index contributed by atoms with van der Waals surface area (Å²) in [5, 5.41) is 3.59. The monoisotopic (exact) mass is 238 g/mol. The molecule has 1 rings (SSSR count). The third-order valence-corrected chi connectivity index (χ3v) is 3.92. The predicted octanol–water partition coefficient (Wildman–Crippen LogP) is 2.53. The van der Waals surface area contributed by atoms with E-state index < -0.39 is 0 Å². The van der Waals surface area contributed by atoms with Gasteiger partial charge in [-0.05, 0) is 46.1 Å². The summed E-state index contributed by atoms with van der Waals surface area (Å²) in [6.07, 6.45) is 3.79. The van der Waals surface area contributed by atoms with Crippen LogP contribution in [0.4, 0.5) is 0 Å². The van der Waals surface area contributed by atoms with Crippen molar-refractivity contribution in [2.75, 3.05) is 20.6 Å². The molecule has 0 fully saturated rings. The van der Waals surface area contributed by atoms with Crippen LogP contribution in [0.5, 0.6) is 0 Å². The number of nitrogens with one attached hydrogen (secondary N) is 1. The molecule has 1 aromatic rings. The quantitative estimate of drug-likeness (QED) is 0.791. The van der Waals surface area contributed by atoms with E-state index in [4.69, 9.17) is 4.42 Å². The summed E-state index contributed by atoms with van der Waals surface area (Å²) in [5.74, 6) is 1.05. The fourth-order valence-electron chi connectivity index (χ4n) is 2.26. The second kappa shape index (κ2) is 6.22. The van der Waals surface area contributed by atoms with E-state index in [1.54, 1.807) is 6.26 Å². The number of likely N-dealkylation sites (N-methyl/N-ethyl adjacent to an activating group) is 2. The molecule has 0 radical (unpaired) electrons. The van der Waals surface area contributed by atoms with Crippen molar-refractivity contribution in [3.8, 4) is 0 Å². The normalized spacial score (nSPS) is 17.1. The van der Waals surface area contributed by atoms with E-state index in [1.165, 1.54) is 0 Å². The molecule has 17 heavy (non-hydrogen) atoms. The minimum absolute atomic E-state index is 0.142. The van der Waals surface area contributed by atoms with Crippen LogP contribution in [0.25, 0.3) is 0 Å². The third kappa shape index (κ3) is 3.33. The van der Waals surface area contributed by atoms with E-state index in [0.29, 0.717) is 6.04 Å². The van der Waals surface area contributed by atoms with Crippen molar-refractivity contribution < 1.29 is 4.42 Å². The SMILES string of the molecule is CCNC(Cc1ccco1)C(C)(CC)N(C)C. The highest BCUT2D eigenvalue weighted by Gasteiger charge is 2.34. The van der Waals surface area contributed by atoms with Crippen molar-refractivity contribution in [3.63, 3.8) is 0 Å². The molecule has 0 saturated carbocycles. The minimum atomic E-state index is 0.142. The molecule has 0 aromatic carbocycles. The highest BCUT2D eigenvalue weighted by molar-refractivity contribution is 5.05. The standard InChI is InChI=1S/C14H26N2O/c1-6-14(3,16(4)5)13(15-7-2)11-12-9-8-10-17-12/h8-10,13,15H,6-7,11H2,1-5H3. The van der Waals surface area contributed by atoms with E-state index in [1.807, 2.05) is 6.07 Å². The zero-order valence-electron chi connectivity index (χ0n) is 11.8. The molecule has 2 atom stereocenters. The van der Waals surface area contributed by atoms with Gasteiger partial charge in [-0.15, -0.1) is 0 Å². The molecule has 1 aromatic heterocycles. The van der Waals surface area contributed by atoms with Gasteiger partial charge < -0.3 is 14.6 Å². The first kappa shape index (κ1) is 14.3. The van der Waals surface area contributed by atoms with Gasteiger partial charge in [-0.1, -0.05) is 13.8 Å². The summed E-state index contributed by atoms with van der Waals surface area (Å²) in [5.41, 5.74) is 0.142. The van der Waals surface area contributed by atoms with Crippen molar-refractivity contribution in [2.45, 2.75) is 45.2 Å². The first-order chi connectivity index (χ1) is 8.04. The summed E-state index contributed by atoms with van der Waals surface area (Å²) in [7, 11) is 4.30. The maximum Gasteiger partial charge on any atom is 0.105 e. The average Bonchev–Trinajstić information content (AvgIpc) is 2.80. The zero-order chi connectivity index (χ0) is 12.9. The number of furan rings is 1. The van der Waals surface area contributed by atoms with Crippen molar-refractivity contribution in [1.29, 1.82) is 0 Å². The van der Waals surface area contributed by atoms with Crippen molar-refractivity contribution >= 4 is 0 Å². The van der Waals surface area contributed by atoms with Gasteiger partial charge in [0.2, 0.25) is 0 Å². The van der Waals surface area contributed by atoms with E-state index in [-0.39, 0.29) is 5.54 Å². The Labute approximate surface area is 105 Å². The number of hydrogen-bond donors (Lipinski definition) is 1. The van der Waals surface area contributed by atoms with Crippen LogP contribution in [-0.4, -0.2) is 37.1 Å². The smallest absolute Gasteiger partial charge is 0.105 e. The Morgan fingerprint density at radius 2 is 2.12 bits per heavy atom. The van der Waals surface area contributed by atoms with Crippen molar-refractivity contribution in [2.24, 2.45) is 0 Å². The summed E-state index contributed by atoms with van der Waals surface area (Å²) in [6, 6.07) is 4.41. The lowest BCUT2D eigenvalue weighted by molar-refractivity contribution is 0.110. The first-order valence-corrected chi connectivity index (χ1v) is 6.47. The largest absolute Gasteiger partial charge is 0.469 e. The Morgan fingerprint density at radius 3 is 2.53 bits per heavy atom.